The number of rotatable bonds is 6. The van der Waals surface area contributed by atoms with Crippen molar-refractivity contribution < 1.29 is 9.47 Å². The van der Waals surface area contributed by atoms with E-state index in [1.165, 1.54) is 0 Å². The largest absolute Gasteiger partial charge is 0.493 e. The van der Waals surface area contributed by atoms with E-state index in [2.05, 4.69) is 4.98 Å². The second kappa shape index (κ2) is 6.60. The van der Waals surface area contributed by atoms with Crippen molar-refractivity contribution in [1.82, 2.24) is 9.55 Å². The minimum Gasteiger partial charge on any atom is -0.493 e. The summed E-state index contributed by atoms with van der Waals surface area (Å²) in [4.78, 5) is 14.8. The number of aryl methyl sites for hydroxylation is 2. The Kier molecular flexibility index (Phi) is 4.37. The number of ether oxygens (including phenoxy) is 2. The average molecular weight is 312 g/mol. The predicted octanol–water partition coefficient (Wildman–Crippen LogP) is 3.12. The normalized spacial score (nSPS) is 10.9. The van der Waals surface area contributed by atoms with Gasteiger partial charge in [-0.1, -0.05) is 18.2 Å². The zero-order chi connectivity index (χ0) is 16.2. The summed E-state index contributed by atoms with van der Waals surface area (Å²) in [7, 11) is 1.63. The Morgan fingerprint density at radius 1 is 1.13 bits per heavy atom. The van der Waals surface area contributed by atoms with Gasteiger partial charge in [0.2, 0.25) is 0 Å². The third-order valence-electron chi connectivity index (χ3n) is 3.78. The first kappa shape index (κ1) is 15.2. The second-order valence-corrected chi connectivity index (χ2v) is 5.46. The molecule has 0 aliphatic rings. The van der Waals surface area contributed by atoms with Gasteiger partial charge >= 0.3 is 5.69 Å². The number of H-pyrrole nitrogens is 1. The van der Waals surface area contributed by atoms with Crippen molar-refractivity contribution in [3.8, 4) is 11.5 Å². The highest BCUT2D eigenvalue weighted by Crippen LogP contribution is 2.27. The molecule has 1 heterocycles. The fourth-order valence-electron chi connectivity index (χ4n) is 2.63. The zero-order valence-corrected chi connectivity index (χ0v) is 13.3. The van der Waals surface area contributed by atoms with Crippen molar-refractivity contribution >= 4 is 11.0 Å². The van der Waals surface area contributed by atoms with Crippen molar-refractivity contribution in [2.45, 2.75) is 19.9 Å². The van der Waals surface area contributed by atoms with Gasteiger partial charge in [-0.25, -0.2) is 4.79 Å². The number of para-hydroxylation sites is 2. The molecule has 0 spiro atoms. The van der Waals surface area contributed by atoms with Gasteiger partial charge in [0.15, 0.2) is 11.5 Å². The van der Waals surface area contributed by atoms with Crippen LogP contribution in [0.15, 0.2) is 47.3 Å². The minimum atomic E-state index is -0.0842. The monoisotopic (exact) mass is 312 g/mol. The van der Waals surface area contributed by atoms with Gasteiger partial charge in [-0.05, 0) is 43.2 Å². The fourth-order valence-corrected chi connectivity index (χ4v) is 2.63. The molecule has 3 aromatic rings. The number of nitrogens with zero attached hydrogens (tertiary/aromatic N) is 1. The highest BCUT2D eigenvalue weighted by molar-refractivity contribution is 5.74. The molecule has 0 aliphatic carbocycles. The number of aromatic amines is 1. The van der Waals surface area contributed by atoms with Crippen molar-refractivity contribution in [3.05, 3.63) is 58.5 Å². The highest BCUT2D eigenvalue weighted by Gasteiger charge is 2.07. The van der Waals surface area contributed by atoms with Crippen molar-refractivity contribution in [2.75, 3.05) is 13.7 Å². The Morgan fingerprint density at radius 2 is 1.96 bits per heavy atom. The lowest BCUT2D eigenvalue weighted by molar-refractivity contribution is 0.282. The van der Waals surface area contributed by atoms with E-state index in [0.717, 1.165) is 34.5 Å². The molecule has 1 N–H and O–H groups in total. The van der Waals surface area contributed by atoms with E-state index in [4.69, 9.17) is 9.47 Å². The van der Waals surface area contributed by atoms with Crippen molar-refractivity contribution in [1.29, 1.82) is 0 Å². The van der Waals surface area contributed by atoms with Gasteiger partial charge in [0.05, 0.1) is 24.8 Å². The van der Waals surface area contributed by atoms with Crippen LogP contribution < -0.4 is 15.2 Å². The molecule has 1 aromatic heterocycles. The summed E-state index contributed by atoms with van der Waals surface area (Å²) in [5, 5.41) is 0. The predicted molar refractivity (Wildman–Crippen MR) is 90.4 cm³/mol. The van der Waals surface area contributed by atoms with E-state index in [0.29, 0.717) is 13.2 Å². The van der Waals surface area contributed by atoms with Gasteiger partial charge < -0.3 is 14.5 Å². The summed E-state index contributed by atoms with van der Waals surface area (Å²) in [6.45, 7) is 3.14. The molecular formula is C18H20N2O3. The zero-order valence-electron chi connectivity index (χ0n) is 13.3. The first-order valence-corrected chi connectivity index (χ1v) is 7.64. The molecule has 0 saturated heterocycles. The van der Waals surface area contributed by atoms with Crippen LogP contribution in [0.2, 0.25) is 0 Å². The third-order valence-corrected chi connectivity index (χ3v) is 3.78. The molecule has 0 amide bonds. The molecule has 5 heteroatoms. The first-order chi connectivity index (χ1) is 11.2. The summed E-state index contributed by atoms with van der Waals surface area (Å²) in [5.74, 6) is 1.46. The van der Waals surface area contributed by atoms with Crippen LogP contribution in [0.3, 0.4) is 0 Å². The van der Waals surface area contributed by atoms with E-state index in [1.807, 2.05) is 49.4 Å². The van der Waals surface area contributed by atoms with Gasteiger partial charge in [0.25, 0.3) is 0 Å². The van der Waals surface area contributed by atoms with E-state index in [1.54, 1.807) is 11.7 Å². The van der Waals surface area contributed by atoms with Gasteiger partial charge in [-0.15, -0.1) is 0 Å². The molecule has 0 bridgehead atoms. The molecular weight excluding hydrogens is 292 g/mol. The Balaban J connectivity index is 1.64. The summed E-state index contributed by atoms with van der Waals surface area (Å²) in [5.41, 5.74) is 2.82. The van der Waals surface area contributed by atoms with Crippen LogP contribution in [0.5, 0.6) is 11.5 Å². The van der Waals surface area contributed by atoms with Gasteiger partial charge in [0.1, 0.15) is 0 Å². The van der Waals surface area contributed by atoms with Gasteiger partial charge in [-0.3, -0.25) is 4.57 Å². The number of hydrogen-bond donors (Lipinski definition) is 1. The lowest BCUT2D eigenvalue weighted by atomic mass is 10.2. The number of fused-ring (bicyclic) bond motifs is 1. The SMILES string of the molecule is COc1cc(C)ccc1OCCCn1c(=O)[nH]c2ccccc21. The number of methoxy groups -OCH3 is 1. The second-order valence-electron chi connectivity index (χ2n) is 5.46. The minimum absolute atomic E-state index is 0.0842. The Morgan fingerprint density at radius 3 is 2.78 bits per heavy atom. The number of aromatic nitrogens is 2. The number of benzene rings is 2. The molecule has 0 unspecified atom stereocenters. The van der Waals surface area contributed by atoms with Crippen LogP contribution in [-0.4, -0.2) is 23.3 Å². The summed E-state index contributed by atoms with van der Waals surface area (Å²) in [6, 6.07) is 13.5. The summed E-state index contributed by atoms with van der Waals surface area (Å²) >= 11 is 0. The van der Waals surface area contributed by atoms with Crippen LogP contribution in [0.4, 0.5) is 0 Å². The number of hydrogen-bond acceptors (Lipinski definition) is 3. The maximum absolute atomic E-state index is 12.0. The van der Waals surface area contributed by atoms with E-state index in [9.17, 15) is 4.79 Å². The first-order valence-electron chi connectivity index (χ1n) is 7.64. The highest BCUT2D eigenvalue weighted by atomic mass is 16.5. The molecule has 0 atom stereocenters. The average Bonchev–Trinajstić information content (AvgIpc) is 2.88. The lowest BCUT2D eigenvalue weighted by Crippen LogP contribution is -2.18. The van der Waals surface area contributed by atoms with Crippen LogP contribution >= 0.6 is 0 Å². The van der Waals surface area contributed by atoms with Crippen LogP contribution in [0.25, 0.3) is 11.0 Å². The maximum atomic E-state index is 12.0. The Bertz CT molecular complexity index is 864. The maximum Gasteiger partial charge on any atom is 0.326 e. The molecule has 0 aliphatic heterocycles. The molecule has 5 nitrogen and oxygen atoms in total. The number of nitrogens with one attached hydrogen (secondary N) is 1. The summed E-state index contributed by atoms with van der Waals surface area (Å²) < 4.78 is 12.8. The van der Waals surface area contributed by atoms with E-state index >= 15 is 0 Å². The van der Waals surface area contributed by atoms with Crippen LogP contribution in [0, 0.1) is 6.92 Å². The quantitative estimate of drug-likeness (QED) is 0.712. The van der Waals surface area contributed by atoms with Crippen molar-refractivity contribution in [3.63, 3.8) is 0 Å². The Labute approximate surface area is 134 Å². The Hall–Kier alpha value is -2.69. The molecule has 0 saturated carbocycles. The summed E-state index contributed by atoms with van der Waals surface area (Å²) in [6.07, 6.45) is 0.735. The molecule has 3 rings (SSSR count). The lowest BCUT2D eigenvalue weighted by Gasteiger charge is -2.11. The molecule has 2 aromatic carbocycles. The van der Waals surface area contributed by atoms with E-state index in [-0.39, 0.29) is 5.69 Å². The van der Waals surface area contributed by atoms with Crippen LogP contribution in [0.1, 0.15) is 12.0 Å². The third kappa shape index (κ3) is 3.23. The van der Waals surface area contributed by atoms with Gasteiger partial charge in [-0.2, -0.15) is 0 Å². The molecule has 0 fully saturated rings. The van der Waals surface area contributed by atoms with E-state index < -0.39 is 0 Å². The van der Waals surface area contributed by atoms with Crippen LogP contribution in [-0.2, 0) is 6.54 Å². The smallest absolute Gasteiger partial charge is 0.326 e. The fraction of sp³-hybridized carbons (Fsp3) is 0.278. The molecule has 23 heavy (non-hydrogen) atoms. The number of imidazole rings is 1. The molecule has 0 radical (unpaired) electrons. The van der Waals surface area contributed by atoms with Crippen molar-refractivity contribution in [2.24, 2.45) is 0 Å². The van der Waals surface area contributed by atoms with Gasteiger partial charge in [0, 0.05) is 6.54 Å². The standard InChI is InChI=1S/C18H20N2O3/c1-13-8-9-16(17(12-13)22-2)23-11-5-10-20-15-7-4-3-6-14(15)19-18(20)21/h3-4,6-9,12H,5,10-11H2,1-2H3,(H,19,21). The topological polar surface area (TPSA) is 56.2 Å². The molecule has 120 valence electrons.